The van der Waals surface area contributed by atoms with Crippen LogP contribution in [0.5, 0.6) is 0 Å². The average Bonchev–Trinajstić information content (AvgIpc) is 2.27. The Hall–Kier alpha value is 0.0800. The van der Waals surface area contributed by atoms with E-state index in [-0.39, 0.29) is 15.8 Å². The molecule has 0 atom stereocenters. The van der Waals surface area contributed by atoms with E-state index in [1.807, 2.05) is 0 Å². The van der Waals surface area contributed by atoms with Crippen molar-refractivity contribution in [3.63, 3.8) is 0 Å². The molecule has 0 spiro atoms. The molecule has 0 bridgehead atoms. The molecule has 0 aliphatic carbocycles. The molecule has 0 heterocycles. The molecule has 0 aliphatic heterocycles. The maximum Gasteiger partial charge on any atom is -0.00726 e. The Labute approximate surface area is 116 Å². The van der Waals surface area contributed by atoms with E-state index in [0.717, 1.165) is 0 Å². The summed E-state index contributed by atoms with van der Waals surface area (Å²) in [5, 5.41) is 0. The van der Waals surface area contributed by atoms with Gasteiger partial charge in [-0.3, -0.25) is 0 Å². The maximum atomic E-state index is 2.38. The molecule has 0 aromatic heterocycles. The number of rotatable bonds is 4. The van der Waals surface area contributed by atoms with Crippen LogP contribution in [0.25, 0.3) is 0 Å². The van der Waals surface area contributed by atoms with E-state index in [4.69, 9.17) is 0 Å². The van der Waals surface area contributed by atoms with Gasteiger partial charge in [-0.2, -0.15) is 0 Å². The maximum absolute atomic E-state index is 2.38. The van der Waals surface area contributed by atoms with Gasteiger partial charge in [0.25, 0.3) is 0 Å². The highest BCUT2D eigenvalue weighted by Crippen LogP contribution is 2.40. The van der Waals surface area contributed by atoms with Crippen LogP contribution in [0, 0.1) is 27.7 Å². The van der Waals surface area contributed by atoms with E-state index in [1.54, 1.807) is 33.4 Å². The lowest BCUT2D eigenvalue weighted by atomic mass is 9.90. The van der Waals surface area contributed by atoms with Crippen LogP contribution in [-0.2, 0) is 12.3 Å². The average molecular weight is 282 g/mol. The van der Waals surface area contributed by atoms with E-state index < -0.39 is 0 Å². The van der Waals surface area contributed by atoms with Crippen LogP contribution in [0.4, 0.5) is 0 Å². The highest BCUT2D eigenvalue weighted by atomic mass is 31.1. The van der Waals surface area contributed by atoms with Crippen LogP contribution >= 0.6 is 15.8 Å². The minimum Gasteiger partial charge on any atom is -0.109 e. The van der Waals surface area contributed by atoms with Crippen LogP contribution in [0.2, 0.25) is 0 Å². The van der Waals surface area contributed by atoms with Crippen molar-refractivity contribution in [2.75, 3.05) is 26.7 Å². The van der Waals surface area contributed by atoms with Crippen molar-refractivity contribution in [1.29, 1.82) is 0 Å². The number of hydrogen-bond donors (Lipinski definition) is 0. The lowest BCUT2D eigenvalue weighted by Gasteiger charge is -2.22. The summed E-state index contributed by atoms with van der Waals surface area (Å²) in [5.41, 5.74) is 9.48. The molecule has 0 amide bonds. The fourth-order valence-corrected chi connectivity index (χ4v) is 4.79. The summed E-state index contributed by atoms with van der Waals surface area (Å²) in [7, 11) is 0.288. The first-order valence-corrected chi connectivity index (χ1v) is 11.5. The predicted molar refractivity (Wildman–Crippen MR) is 90.3 cm³/mol. The molecule has 0 nitrogen and oxygen atoms in total. The van der Waals surface area contributed by atoms with Gasteiger partial charge in [0.15, 0.2) is 0 Å². The van der Waals surface area contributed by atoms with Gasteiger partial charge < -0.3 is 0 Å². The molecular formula is C16H28P2. The molecule has 0 fully saturated rings. The van der Waals surface area contributed by atoms with Gasteiger partial charge in [0, 0.05) is 0 Å². The molecule has 0 saturated heterocycles. The minimum absolute atomic E-state index is 0.144. The van der Waals surface area contributed by atoms with Gasteiger partial charge in [-0.15, -0.1) is 15.8 Å². The zero-order valence-electron chi connectivity index (χ0n) is 13.3. The van der Waals surface area contributed by atoms with Gasteiger partial charge in [0.2, 0.25) is 0 Å². The summed E-state index contributed by atoms with van der Waals surface area (Å²) < 4.78 is 0. The molecule has 1 aromatic carbocycles. The topological polar surface area (TPSA) is 0 Å². The molecule has 102 valence electrons. The smallest absolute Gasteiger partial charge is 0.00726 e. The SMILES string of the molecule is Cc1c(C)c(CP(C)C)c(C)c(C)c1CP(C)C. The Kier molecular flexibility index (Phi) is 5.82. The monoisotopic (exact) mass is 282 g/mol. The first-order valence-electron chi connectivity index (χ1n) is 6.63. The van der Waals surface area contributed by atoms with E-state index in [9.17, 15) is 0 Å². The zero-order valence-corrected chi connectivity index (χ0v) is 15.1. The van der Waals surface area contributed by atoms with Crippen LogP contribution < -0.4 is 0 Å². The second-order valence-electron chi connectivity index (χ2n) is 5.93. The lowest BCUT2D eigenvalue weighted by molar-refractivity contribution is 1.10. The van der Waals surface area contributed by atoms with Crippen LogP contribution in [-0.4, -0.2) is 26.7 Å². The third-order valence-electron chi connectivity index (χ3n) is 3.88. The molecule has 18 heavy (non-hydrogen) atoms. The van der Waals surface area contributed by atoms with Gasteiger partial charge in [-0.1, -0.05) is 0 Å². The Bertz CT molecular complexity index is 361. The summed E-state index contributed by atoms with van der Waals surface area (Å²) in [6.07, 6.45) is 2.56. The van der Waals surface area contributed by atoms with E-state index >= 15 is 0 Å². The highest BCUT2D eigenvalue weighted by Gasteiger charge is 2.15. The Balaban J connectivity index is 3.35. The number of benzene rings is 1. The second kappa shape index (κ2) is 6.49. The standard InChI is InChI=1S/C16H28P2/c1-11-12(2)16(10-18(7)8)14(4)13(3)15(11)9-17(5)6/h9-10H2,1-8H3. The molecule has 0 saturated carbocycles. The summed E-state index contributed by atoms with van der Waals surface area (Å²) >= 11 is 0. The molecule has 2 heteroatoms. The van der Waals surface area contributed by atoms with Gasteiger partial charge in [-0.05, 0) is 100 Å². The third kappa shape index (κ3) is 3.55. The van der Waals surface area contributed by atoms with Crippen molar-refractivity contribution in [2.24, 2.45) is 0 Å². The Morgan fingerprint density at radius 2 is 0.778 bits per heavy atom. The van der Waals surface area contributed by atoms with Crippen molar-refractivity contribution < 1.29 is 0 Å². The van der Waals surface area contributed by atoms with Gasteiger partial charge in [-0.25, -0.2) is 0 Å². The minimum atomic E-state index is 0.144. The molecular weight excluding hydrogens is 254 g/mol. The van der Waals surface area contributed by atoms with Crippen LogP contribution in [0.15, 0.2) is 0 Å². The Morgan fingerprint density at radius 1 is 0.556 bits per heavy atom. The Morgan fingerprint density at radius 3 is 0.944 bits per heavy atom. The zero-order chi connectivity index (χ0) is 14.0. The first kappa shape index (κ1) is 16.1. The van der Waals surface area contributed by atoms with E-state index in [0.29, 0.717) is 0 Å². The third-order valence-corrected chi connectivity index (χ3v) is 5.78. The van der Waals surface area contributed by atoms with Crippen molar-refractivity contribution >= 4 is 15.8 Å². The fraction of sp³-hybridized carbons (Fsp3) is 0.625. The quantitative estimate of drug-likeness (QED) is 0.648. The van der Waals surface area contributed by atoms with Gasteiger partial charge in [0.05, 0.1) is 0 Å². The summed E-state index contributed by atoms with van der Waals surface area (Å²) in [5.74, 6) is 0. The first-order chi connectivity index (χ1) is 8.25. The molecule has 0 radical (unpaired) electrons. The van der Waals surface area contributed by atoms with E-state index in [1.165, 1.54) is 12.3 Å². The van der Waals surface area contributed by atoms with Crippen molar-refractivity contribution in [3.8, 4) is 0 Å². The van der Waals surface area contributed by atoms with Gasteiger partial charge >= 0.3 is 0 Å². The fourth-order valence-electron chi connectivity index (χ4n) is 2.57. The number of hydrogen-bond acceptors (Lipinski definition) is 0. The summed E-state index contributed by atoms with van der Waals surface area (Å²) in [4.78, 5) is 0. The van der Waals surface area contributed by atoms with E-state index in [2.05, 4.69) is 54.4 Å². The molecule has 1 rings (SSSR count). The van der Waals surface area contributed by atoms with Crippen molar-refractivity contribution in [3.05, 3.63) is 33.4 Å². The van der Waals surface area contributed by atoms with Crippen molar-refractivity contribution in [1.82, 2.24) is 0 Å². The highest BCUT2D eigenvalue weighted by molar-refractivity contribution is 7.55. The van der Waals surface area contributed by atoms with Crippen LogP contribution in [0.3, 0.4) is 0 Å². The summed E-state index contributed by atoms with van der Waals surface area (Å²) in [6, 6.07) is 0. The van der Waals surface area contributed by atoms with Crippen molar-refractivity contribution in [2.45, 2.75) is 40.0 Å². The lowest BCUT2D eigenvalue weighted by Crippen LogP contribution is -2.04. The predicted octanol–water partition coefficient (Wildman–Crippen LogP) is 5.40. The van der Waals surface area contributed by atoms with Gasteiger partial charge in [0.1, 0.15) is 0 Å². The normalized spacial score (nSPS) is 11.7. The molecule has 0 aliphatic rings. The molecule has 0 unspecified atom stereocenters. The largest absolute Gasteiger partial charge is 0.109 e. The summed E-state index contributed by atoms with van der Waals surface area (Å²) in [6.45, 7) is 18.8. The second-order valence-corrected chi connectivity index (χ2v) is 10.9. The molecule has 0 N–H and O–H groups in total. The molecule has 1 aromatic rings. The van der Waals surface area contributed by atoms with Crippen LogP contribution in [0.1, 0.15) is 33.4 Å².